The molecule has 1 N–H and O–H groups in total. The quantitative estimate of drug-likeness (QED) is 0.803. The van der Waals surface area contributed by atoms with E-state index < -0.39 is 5.97 Å². The lowest BCUT2D eigenvalue weighted by Crippen LogP contribution is -2.48. The fourth-order valence-corrected chi connectivity index (χ4v) is 2.18. The van der Waals surface area contributed by atoms with Gasteiger partial charge in [-0.15, -0.1) is 0 Å². The van der Waals surface area contributed by atoms with Crippen molar-refractivity contribution in [3.05, 3.63) is 0 Å². The van der Waals surface area contributed by atoms with Gasteiger partial charge in [0.2, 0.25) is 5.91 Å². The highest BCUT2D eigenvalue weighted by atomic mass is 16.5. The van der Waals surface area contributed by atoms with Crippen LogP contribution >= 0.6 is 0 Å². The Labute approximate surface area is 102 Å². The van der Waals surface area contributed by atoms with E-state index in [-0.39, 0.29) is 30.5 Å². The maximum Gasteiger partial charge on any atom is 0.303 e. The van der Waals surface area contributed by atoms with E-state index >= 15 is 0 Å². The third kappa shape index (κ3) is 4.73. The summed E-state index contributed by atoms with van der Waals surface area (Å²) in [6, 6.07) is 0. The Bertz CT molecular complexity index is 282. The van der Waals surface area contributed by atoms with Gasteiger partial charge >= 0.3 is 5.97 Å². The Morgan fingerprint density at radius 1 is 1.29 bits per heavy atom. The number of carboxylic acid groups (broad SMARTS) is 1. The van der Waals surface area contributed by atoms with Crippen molar-refractivity contribution in [1.29, 1.82) is 0 Å². The number of rotatable bonds is 4. The number of hydrogen-bond donors (Lipinski definition) is 1. The van der Waals surface area contributed by atoms with Gasteiger partial charge in [0, 0.05) is 25.9 Å². The molecule has 1 aliphatic heterocycles. The smallest absolute Gasteiger partial charge is 0.303 e. The minimum absolute atomic E-state index is 0.0285. The number of nitrogens with zero attached hydrogens (tertiary/aromatic N) is 1. The lowest BCUT2D eigenvalue weighted by molar-refractivity contribution is -0.144. The van der Waals surface area contributed by atoms with Crippen molar-refractivity contribution in [1.82, 2.24) is 4.90 Å². The number of aliphatic carboxylic acids is 1. The molecule has 0 radical (unpaired) electrons. The van der Waals surface area contributed by atoms with Gasteiger partial charge in [0.1, 0.15) is 0 Å². The first-order valence-electron chi connectivity index (χ1n) is 6.03. The Kier molecular flexibility index (Phi) is 4.93. The van der Waals surface area contributed by atoms with Gasteiger partial charge in [-0.05, 0) is 19.8 Å². The minimum atomic E-state index is -0.853. The molecule has 5 heteroatoms. The molecular formula is C12H21NO4. The predicted octanol–water partition coefficient (Wildman–Crippen LogP) is 1.12. The number of amides is 1. The van der Waals surface area contributed by atoms with Gasteiger partial charge in [-0.2, -0.15) is 0 Å². The fraction of sp³-hybridized carbons (Fsp3) is 0.833. The number of carbonyl (C=O) groups excluding carboxylic acids is 1. The Morgan fingerprint density at radius 2 is 1.82 bits per heavy atom. The molecule has 0 aromatic carbocycles. The molecule has 0 aliphatic carbocycles. The van der Waals surface area contributed by atoms with Crippen molar-refractivity contribution in [2.75, 3.05) is 13.1 Å². The van der Waals surface area contributed by atoms with Gasteiger partial charge < -0.3 is 14.7 Å². The summed E-state index contributed by atoms with van der Waals surface area (Å²) in [5.41, 5.74) is 0. The number of hydrogen-bond acceptors (Lipinski definition) is 3. The molecule has 1 amide bonds. The fourth-order valence-electron chi connectivity index (χ4n) is 2.18. The molecule has 1 rings (SSSR count). The second-order valence-electron chi connectivity index (χ2n) is 4.96. The van der Waals surface area contributed by atoms with Crippen LogP contribution in [0.3, 0.4) is 0 Å². The monoisotopic (exact) mass is 243 g/mol. The zero-order chi connectivity index (χ0) is 13.0. The number of carboxylic acids is 1. The zero-order valence-electron chi connectivity index (χ0n) is 10.7. The standard InChI is InChI=1S/C12H21NO4/c1-8(5-12(15)16)4-11(14)13-6-9(2)17-10(3)7-13/h8-10H,4-7H2,1-3H3,(H,15,16)/t8?,9-,10+. The van der Waals surface area contributed by atoms with Crippen LogP contribution in [0.15, 0.2) is 0 Å². The van der Waals surface area contributed by atoms with Crippen LogP contribution in [0.25, 0.3) is 0 Å². The number of ether oxygens (including phenoxy) is 1. The molecule has 98 valence electrons. The first kappa shape index (κ1) is 14.0. The summed E-state index contributed by atoms with van der Waals surface area (Å²) in [6.45, 7) is 6.87. The van der Waals surface area contributed by atoms with E-state index in [9.17, 15) is 9.59 Å². The van der Waals surface area contributed by atoms with Crippen molar-refractivity contribution >= 4 is 11.9 Å². The molecule has 0 spiro atoms. The van der Waals surface area contributed by atoms with Crippen LogP contribution in [0, 0.1) is 5.92 Å². The van der Waals surface area contributed by atoms with Gasteiger partial charge in [-0.1, -0.05) is 6.92 Å². The molecule has 17 heavy (non-hydrogen) atoms. The molecule has 5 nitrogen and oxygen atoms in total. The summed E-state index contributed by atoms with van der Waals surface area (Å²) in [5, 5.41) is 8.65. The summed E-state index contributed by atoms with van der Waals surface area (Å²) < 4.78 is 5.55. The zero-order valence-corrected chi connectivity index (χ0v) is 10.7. The van der Waals surface area contributed by atoms with Crippen LogP contribution in [-0.4, -0.2) is 47.2 Å². The van der Waals surface area contributed by atoms with Gasteiger partial charge in [-0.3, -0.25) is 9.59 Å². The molecule has 0 bridgehead atoms. The molecule has 0 aromatic heterocycles. The van der Waals surface area contributed by atoms with Gasteiger partial charge in [0.05, 0.1) is 12.2 Å². The van der Waals surface area contributed by atoms with E-state index in [1.165, 1.54) is 0 Å². The highest BCUT2D eigenvalue weighted by Crippen LogP contribution is 2.15. The Balaban J connectivity index is 2.43. The lowest BCUT2D eigenvalue weighted by Gasteiger charge is -2.35. The van der Waals surface area contributed by atoms with Gasteiger partial charge in [0.25, 0.3) is 0 Å². The first-order chi connectivity index (χ1) is 7.88. The van der Waals surface area contributed by atoms with E-state index in [1.807, 2.05) is 13.8 Å². The number of carbonyl (C=O) groups is 2. The van der Waals surface area contributed by atoms with Crippen LogP contribution < -0.4 is 0 Å². The number of morpholine rings is 1. The Morgan fingerprint density at radius 3 is 2.29 bits per heavy atom. The van der Waals surface area contributed by atoms with Crippen LogP contribution in [0.1, 0.15) is 33.6 Å². The molecule has 1 heterocycles. The van der Waals surface area contributed by atoms with Crippen LogP contribution in [0.5, 0.6) is 0 Å². The molecule has 1 saturated heterocycles. The van der Waals surface area contributed by atoms with Gasteiger partial charge in [0.15, 0.2) is 0 Å². The third-order valence-electron chi connectivity index (χ3n) is 2.82. The van der Waals surface area contributed by atoms with Crippen molar-refractivity contribution < 1.29 is 19.4 Å². The lowest BCUT2D eigenvalue weighted by atomic mass is 10.0. The van der Waals surface area contributed by atoms with Crippen LogP contribution in [0.4, 0.5) is 0 Å². The van der Waals surface area contributed by atoms with E-state index in [4.69, 9.17) is 9.84 Å². The van der Waals surface area contributed by atoms with E-state index in [2.05, 4.69) is 0 Å². The summed E-state index contributed by atoms with van der Waals surface area (Å²) in [4.78, 5) is 24.3. The summed E-state index contributed by atoms with van der Waals surface area (Å²) in [6.07, 6.45) is 0.447. The van der Waals surface area contributed by atoms with Crippen LogP contribution in [-0.2, 0) is 14.3 Å². The van der Waals surface area contributed by atoms with E-state index in [0.717, 1.165) is 0 Å². The highest BCUT2D eigenvalue weighted by Gasteiger charge is 2.26. The van der Waals surface area contributed by atoms with E-state index in [0.29, 0.717) is 19.5 Å². The van der Waals surface area contributed by atoms with Crippen molar-refractivity contribution in [2.45, 2.75) is 45.8 Å². The van der Waals surface area contributed by atoms with Crippen molar-refractivity contribution in [3.8, 4) is 0 Å². The Hall–Kier alpha value is -1.10. The highest BCUT2D eigenvalue weighted by molar-refractivity contribution is 5.77. The van der Waals surface area contributed by atoms with Crippen molar-refractivity contribution in [3.63, 3.8) is 0 Å². The predicted molar refractivity (Wildman–Crippen MR) is 62.6 cm³/mol. The molecule has 1 unspecified atom stereocenters. The first-order valence-corrected chi connectivity index (χ1v) is 6.03. The summed E-state index contributed by atoms with van der Waals surface area (Å²) >= 11 is 0. The topological polar surface area (TPSA) is 66.8 Å². The largest absolute Gasteiger partial charge is 0.481 e. The van der Waals surface area contributed by atoms with E-state index in [1.54, 1.807) is 11.8 Å². The maximum atomic E-state index is 12.0. The molecule has 0 saturated carbocycles. The van der Waals surface area contributed by atoms with Gasteiger partial charge in [-0.25, -0.2) is 0 Å². The minimum Gasteiger partial charge on any atom is -0.481 e. The average Bonchev–Trinajstić information content (AvgIpc) is 2.14. The SMILES string of the molecule is CC(CC(=O)O)CC(=O)N1C[C@@H](C)O[C@@H](C)C1. The molecule has 0 aromatic rings. The molecule has 1 aliphatic rings. The average molecular weight is 243 g/mol. The summed E-state index contributed by atoms with van der Waals surface area (Å²) in [5.74, 6) is -0.941. The second kappa shape index (κ2) is 6.00. The summed E-state index contributed by atoms with van der Waals surface area (Å²) in [7, 11) is 0. The van der Waals surface area contributed by atoms with Crippen molar-refractivity contribution in [2.24, 2.45) is 5.92 Å². The molecule has 3 atom stereocenters. The third-order valence-corrected chi connectivity index (χ3v) is 2.82. The maximum absolute atomic E-state index is 12.0. The van der Waals surface area contributed by atoms with Crippen LogP contribution in [0.2, 0.25) is 0 Å². The normalized spacial score (nSPS) is 26.6. The molecule has 1 fully saturated rings. The second-order valence-corrected chi connectivity index (χ2v) is 4.96. The molecular weight excluding hydrogens is 222 g/mol.